The van der Waals surface area contributed by atoms with Gasteiger partial charge < -0.3 is 14.8 Å². The molecule has 7 heteroatoms. The summed E-state index contributed by atoms with van der Waals surface area (Å²) in [4.78, 5) is 23.1. The van der Waals surface area contributed by atoms with Crippen molar-refractivity contribution in [3.8, 4) is 17.2 Å². The van der Waals surface area contributed by atoms with Gasteiger partial charge in [-0.15, -0.1) is 0 Å². The van der Waals surface area contributed by atoms with Crippen LogP contribution in [-0.4, -0.2) is 35.7 Å². The highest BCUT2D eigenvalue weighted by atomic mass is 16.5. The van der Waals surface area contributed by atoms with Crippen LogP contribution in [0, 0.1) is 13.8 Å². The number of aromatic nitrogens is 2. The van der Waals surface area contributed by atoms with Crippen LogP contribution in [0.2, 0.25) is 0 Å². The lowest BCUT2D eigenvalue weighted by atomic mass is 10.2. The van der Waals surface area contributed by atoms with Crippen molar-refractivity contribution < 1.29 is 19.1 Å². The largest absolute Gasteiger partial charge is 0.493 e. The third-order valence-corrected chi connectivity index (χ3v) is 4.59. The lowest BCUT2D eigenvalue weighted by Crippen LogP contribution is -2.28. The summed E-state index contributed by atoms with van der Waals surface area (Å²) in [6.45, 7) is 4.09. The molecule has 0 spiro atoms. The lowest BCUT2D eigenvalue weighted by Gasteiger charge is -2.11. The Bertz CT molecular complexity index is 1010. The van der Waals surface area contributed by atoms with Crippen LogP contribution < -0.4 is 14.8 Å². The number of carbonyl (C=O) groups excluding carboxylic acids is 2. The molecule has 1 aromatic heterocycles. The molecule has 2 aromatic carbocycles. The lowest BCUT2D eigenvalue weighted by molar-refractivity contribution is -0.123. The van der Waals surface area contributed by atoms with E-state index in [9.17, 15) is 9.59 Å². The molecule has 3 rings (SSSR count). The van der Waals surface area contributed by atoms with Crippen LogP contribution >= 0.6 is 0 Å². The third kappa shape index (κ3) is 4.63. The number of rotatable bonds is 8. The Hall–Kier alpha value is -3.61. The van der Waals surface area contributed by atoms with Crippen LogP contribution in [0.15, 0.2) is 48.5 Å². The molecule has 0 aliphatic carbocycles. The first kappa shape index (κ1) is 20.1. The number of ether oxygens (including phenoxy) is 2. The first-order chi connectivity index (χ1) is 14.0. The Kier molecular flexibility index (Phi) is 6.29. The van der Waals surface area contributed by atoms with Crippen molar-refractivity contribution in [3.05, 3.63) is 71.0 Å². The monoisotopic (exact) mass is 393 g/mol. The number of nitrogens with zero attached hydrogens (tertiary/aromatic N) is 2. The Morgan fingerprint density at radius 3 is 2.59 bits per heavy atom. The fourth-order valence-corrected chi connectivity index (χ4v) is 3.01. The second kappa shape index (κ2) is 9.05. The van der Waals surface area contributed by atoms with E-state index in [1.807, 2.05) is 48.9 Å². The molecule has 0 aliphatic heterocycles. The molecular formula is C22H23N3O4. The Balaban J connectivity index is 1.62. The van der Waals surface area contributed by atoms with E-state index in [0.717, 1.165) is 28.9 Å². The molecule has 0 saturated heterocycles. The van der Waals surface area contributed by atoms with Crippen molar-refractivity contribution in [2.45, 2.75) is 20.4 Å². The average molecular weight is 393 g/mol. The predicted octanol–water partition coefficient (Wildman–Crippen LogP) is 3.01. The zero-order chi connectivity index (χ0) is 20.8. The number of hydrogen-bond acceptors (Lipinski definition) is 5. The molecule has 1 heterocycles. The van der Waals surface area contributed by atoms with Crippen LogP contribution in [-0.2, 0) is 11.3 Å². The van der Waals surface area contributed by atoms with Gasteiger partial charge in [0.15, 0.2) is 18.1 Å². The van der Waals surface area contributed by atoms with E-state index < -0.39 is 0 Å². The number of para-hydroxylation sites is 1. The van der Waals surface area contributed by atoms with Crippen molar-refractivity contribution in [2.75, 3.05) is 13.7 Å². The quantitative estimate of drug-likeness (QED) is 0.595. The maximum Gasteiger partial charge on any atom is 0.258 e. The predicted molar refractivity (Wildman–Crippen MR) is 109 cm³/mol. The van der Waals surface area contributed by atoms with E-state index in [4.69, 9.17) is 9.47 Å². The van der Waals surface area contributed by atoms with Crippen LogP contribution in [0.25, 0.3) is 5.69 Å². The molecule has 0 unspecified atom stereocenters. The molecule has 150 valence electrons. The van der Waals surface area contributed by atoms with Gasteiger partial charge in [0.1, 0.15) is 6.29 Å². The Morgan fingerprint density at radius 1 is 1.14 bits per heavy atom. The highest BCUT2D eigenvalue weighted by Crippen LogP contribution is 2.27. The minimum absolute atomic E-state index is 0.165. The fourth-order valence-electron chi connectivity index (χ4n) is 3.01. The minimum Gasteiger partial charge on any atom is -0.493 e. The second-order valence-corrected chi connectivity index (χ2v) is 6.49. The maximum atomic E-state index is 12.3. The van der Waals surface area contributed by atoms with E-state index in [2.05, 4.69) is 10.4 Å². The molecule has 1 amide bonds. The van der Waals surface area contributed by atoms with Crippen molar-refractivity contribution in [1.82, 2.24) is 15.1 Å². The van der Waals surface area contributed by atoms with E-state index in [1.54, 1.807) is 18.2 Å². The van der Waals surface area contributed by atoms with Crippen molar-refractivity contribution >= 4 is 12.2 Å². The van der Waals surface area contributed by atoms with Gasteiger partial charge in [-0.1, -0.05) is 18.2 Å². The number of carbonyl (C=O) groups is 2. The summed E-state index contributed by atoms with van der Waals surface area (Å²) in [7, 11) is 1.48. The van der Waals surface area contributed by atoms with Gasteiger partial charge in [-0.3, -0.25) is 9.59 Å². The first-order valence-corrected chi connectivity index (χ1v) is 9.16. The van der Waals surface area contributed by atoms with Crippen molar-refractivity contribution in [3.63, 3.8) is 0 Å². The summed E-state index contributed by atoms with van der Waals surface area (Å²) in [6.07, 6.45) is 0.722. The zero-order valence-corrected chi connectivity index (χ0v) is 16.6. The first-order valence-electron chi connectivity index (χ1n) is 9.16. The number of aryl methyl sites for hydroxylation is 1. The van der Waals surface area contributed by atoms with Crippen molar-refractivity contribution in [2.24, 2.45) is 0 Å². The SMILES string of the molecule is COc1cc(C=O)ccc1OCC(=O)NCc1c(C)nn(-c2ccccc2)c1C. The highest BCUT2D eigenvalue weighted by molar-refractivity contribution is 5.78. The number of amides is 1. The van der Waals surface area contributed by atoms with Gasteiger partial charge >= 0.3 is 0 Å². The molecular weight excluding hydrogens is 370 g/mol. The number of hydrogen-bond donors (Lipinski definition) is 1. The smallest absolute Gasteiger partial charge is 0.258 e. The molecule has 0 radical (unpaired) electrons. The van der Waals surface area contributed by atoms with Gasteiger partial charge in [-0.25, -0.2) is 4.68 Å². The summed E-state index contributed by atoms with van der Waals surface area (Å²) in [6, 6.07) is 14.6. The number of methoxy groups -OCH3 is 1. The normalized spacial score (nSPS) is 10.4. The summed E-state index contributed by atoms with van der Waals surface area (Å²) >= 11 is 0. The number of aldehydes is 1. The van der Waals surface area contributed by atoms with Gasteiger partial charge in [0.25, 0.3) is 5.91 Å². The third-order valence-electron chi connectivity index (χ3n) is 4.59. The molecule has 1 N–H and O–H groups in total. The summed E-state index contributed by atoms with van der Waals surface area (Å²) in [5.41, 5.74) is 4.25. The highest BCUT2D eigenvalue weighted by Gasteiger charge is 2.14. The van der Waals surface area contributed by atoms with Gasteiger partial charge in [0.05, 0.1) is 18.5 Å². The van der Waals surface area contributed by atoms with Gasteiger partial charge in [0.2, 0.25) is 0 Å². The molecule has 0 bridgehead atoms. The van der Waals surface area contributed by atoms with Gasteiger partial charge in [0, 0.05) is 23.4 Å². The zero-order valence-electron chi connectivity index (χ0n) is 16.6. The topological polar surface area (TPSA) is 82.4 Å². The molecule has 0 aliphatic rings. The Labute approximate surface area is 169 Å². The fraction of sp³-hybridized carbons (Fsp3) is 0.227. The average Bonchev–Trinajstić information content (AvgIpc) is 3.04. The summed E-state index contributed by atoms with van der Waals surface area (Å²) in [5, 5.41) is 7.44. The summed E-state index contributed by atoms with van der Waals surface area (Å²) in [5.74, 6) is 0.536. The van der Waals surface area contributed by atoms with Crippen LogP contribution in [0.4, 0.5) is 0 Å². The van der Waals surface area contributed by atoms with Crippen LogP contribution in [0.3, 0.4) is 0 Å². The van der Waals surface area contributed by atoms with Crippen LogP contribution in [0.5, 0.6) is 11.5 Å². The molecule has 3 aromatic rings. The maximum absolute atomic E-state index is 12.3. The molecule has 29 heavy (non-hydrogen) atoms. The molecule has 0 fully saturated rings. The van der Waals surface area contributed by atoms with Gasteiger partial charge in [-0.05, 0) is 44.2 Å². The Morgan fingerprint density at radius 2 is 1.90 bits per heavy atom. The minimum atomic E-state index is -0.266. The van der Waals surface area contributed by atoms with E-state index in [-0.39, 0.29) is 12.5 Å². The summed E-state index contributed by atoms with van der Waals surface area (Å²) < 4.78 is 12.6. The number of nitrogens with one attached hydrogen (secondary N) is 1. The van der Waals surface area contributed by atoms with E-state index >= 15 is 0 Å². The van der Waals surface area contributed by atoms with Crippen LogP contribution in [0.1, 0.15) is 27.3 Å². The molecule has 0 saturated carbocycles. The second-order valence-electron chi connectivity index (χ2n) is 6.49. The van der Waals surface area contributed by atoms with E-state index in [1.165, 1.54) is 7.11 Å². The van der Waals surface area contributed by atoms with E-state index in [0.29, 0.717) is 23.6 Å². The standard InChI is InChI=1S/C22H23N3O4/c1-15-19(16(2)25(24-15)18-7-5-4-6-8-18)12-23-22(27)14-29-20-10-9-17(13-26)11-21(20)28-3/h4-11,13H,12,14H2,1-3H3,(H,23,27). The molecule has 0 atom stereocenters. The van der Waals surface area contributed by atoms with Crippen molar-refractivity contribution in [1.29, 1.82) is 0 Å². The number of benzene rings is 2. The molecule has 7 nitrogen and oxygen atoms in total. The van der Waals surface area contributed by atoms with Gasteiger partial charge in [-0.2, -0.15) is 5.10 Å².